The van der Waals surface area contributed by atoms with Crippen LogP contribution in [-0.4, -0.2) is 21.0 Å². The lowest BCUT2D eigenvalue weighted by atomic mass is 10.1. The van der Waals surface area contributed by atoms with E-state index in [-0.39, 0.29) is 5.84 Å². The molecule has 0 unspecified atom stereocenters. The number of hydrogen-bond acceptors (Lipinski definition) is 5. The standard InChI is InChI=1S/C12H11FN4OS/c13-10-5-8(4-9(6-10)11(14)17-18)7-19-12-15-2-1-3-16-12/h1-6,18H,7H2,(H2,14,17). The van der Waals surface area contributed by atoms with E-state index in [9.17, 15) is 4.39 Å². The lowest BCUT2D eigenvalue weighted by Crippen LogP contribution is -2.13. The number of halogens is 1. The van der Waals surface area contributed by atoms with Crippen LogP contribution in [-0.2, 0) is 5.75 Å². The molecule has 98 valence electrons. The highest BCUT2D eigenvalue weighted by Crippen LogP contribution is 2.20. The van der Waals surface area contributed by atoms with E-state index in [0.29, 0.717) is 22.0 Å². The molecule has 0 fully saturated rings. The fourth-order valence-corrected chi connectivity index (χ4v) is 2.18. The Morgan fingerprint density at radius 3 is 2.74 bits per heavy atom. The van der Waals surface area contributed by atoms with Crippen LogP contribution in [0.2, 0.25) is 0 Å². The summed E-state index contributed by atoms with van der Waals surface area (Å²) in [6.07, 6.45) is 3.28. The minimum absolute atomic E-state index is 0.123. The fraction of sp³-hybridized carbons (Fsp3) is 0.0833. The van der Waals surface area contributed by atoms with Crippen molar-refractivity contribution in [2.75, 3.05) is 0 Å². The number of hydrogen-bond donors (Lipinski definition) is 2. The van der Waals surface area contributed by atoms with Crippen molar-refractivity contribution in [3.8, 4) is 0 Å². The average molecular weight is 278 g/mol. The predicted molar refractivity (Wildman–Crippen MR) is 70.5 cm³/mol. The van der Waals surface area contributed by atoms with Gasteiger partial charge in [0, 0.05) is 23.7 Å². The SMILES string of the molecule is N/C(=N/O)c1cc(F)cc(CSc2ncccn2)c1. The van der Waals surface area contributed by atoms with E-state index in [2.05, 4.69) is 15.1 Å². The molecule has 0 bridgehead atoms. The summed E-state index contributed by atoms with van der Waals surface area (Å²) in [6, 6.07) is 5.99. The number of thioether (sulfide) groups is 1. The van der Waals surface area contributed by atoms with E-state index in [4.69, 9.17) is 10.9 Å². The molecule has 3 N–H and O–H groups in total. The van der Waals surface area contributed by atoms with Gasteiger partial charge in [-0.25, -0.2) is 14.4 Å². The Kier molecular flexibility index (Phi) is 4.30. The maximum absolute atomic E-state index is 13.4. The van der Waals surface area contributed by atoms with Crippen molar-refractivity contribution < 1.29 is 9.60 Å². The van der Waals surface area contributed by atoms with E-state index in [1.54, 1.807) is 24.5 Å². The molecule has 1 aromatic heterocycles. The Hall–Kier alpha value is -2.15. The van der Waals surface area contributed by atoms with Crippen LogP contribution < -0.4 is 5.73 Å². The average Bonchev–Trinajstić information content (AvgIpc) is 2.45. The second-order valence-electron chi connectivity index (χ2n) is 3.65. The van der Waals surface area contributed by atoms with Crippen LogP contribution in [0.25, 0.3) is 0 Å². The summed E-state index contributed by atoms with van der Waals surface area (Å²) in [5.74, 6) is -0.0663. The van der Waals surface area contributed by atoms with E-state index >= 15 is 0 Å². The summed E-state index contributed by atoms with van der Waals surface area (Å²) < 4.78 is 13.4. The molecule has 0 radical (unpaired) electrons. The molecule has 0 aliphatic carbocycles. The zero-order valence-electron chi connectivity index (χ0n) is 9.82. The van der Waals surface area contributed by atoms with Gasteiger partial charge in [-0.2, -0.15) is 0 Å². The number of nitrogens with two attached hydrogens (primary N) is 1. The molecule has 0 atom stereocenters. The van der Waals surface area contributed by atoms with Crippen LogP contribution in [0.1, 0.15) is 11.1 Å². The third-order valence-electron chi connectivity index (χ3n) is 2.27. The van der Waals surface area contributed by atoms with Gasteiger partial charge in [0.1, 0.15) is 5.82 Å². The lowest BCUT2D eigenvalue weighted by Gasteiger charge is -2.04. The summed E-state index contributed by atoms with van der Waals surface area (Å²) >= 11 is 1.38. The molecule has 2 aromatic rings. The Labute approximate surface area is 113 Å². The molecule has 0 aliphatic rings. The minimum Gasteiger partial charge on any atom is -0.409 e. The Morgan fingerprint density at radius 2 is 2.05 bits per heavy atom. The van der Waals surface area contributed by atoms with Crippen molar-refractivity contribution in [2.45, 2.75) is 10.9 Å². The van der Waals surface area contributed by atoms with E-state index < -0.39 is 5.82 Å². The van der Waals surface area contributed by atoms with Gasteiger partial charge < -0.3 is 10.9 Å². The first kappa shape index (κ1) is 13.3. The molecule has 19 heavy (non-hydrogen) atoms. The van der Waals surface area contributed by atoms with Gasteiger partial charge >= 0.3 is 0 Å². The van der Waals surface area contributed by atoms with Crippen molar-refractivity contribution in [2.24, 2.45) is 10.9 Å². The minimum atomic E-state index is -0.436. The third kappa shape index (κ3) is 3.65. The van der Waals surface area contributed by atoms with Gasteiger partial charge in [0.15, 0.2) is 11.0 Å². The van der Waals surface area contributed by atoms with Crippen molar-refractivity contribution in [3.05, 3.63) is 53.6 Å². The highest BCUT2D eigenvalue weighted by Gasteiger charge is 2.06. The Balaban J connectivity index is 2.14. The molecule has 0 aliphatic heterocycles. The first-order valence-corrected chi connectivity index (χ1v) is 6.35. The van der Waals surface area contributed by atoms with Crippen LogP contribution in [0.4, 0.5) is 4.39 Å². The lowest BCUT2D eigenvalue weighted by molar-refractivity contribution is 0.318. The number of amidine groups is 1. The highest BCUT2D eigenvalue weighted by molar-refractivity contribution is 7.98. The Morgan fingerprint density at radius 1 is 1.32 bits per heavy atom. The molecule has 0 saturated heterocycles. The summed E-state index contributed by atoms with van der Waals surface area (Å²) in [7, 11) is 0. The molecule has 2 rings (SSSR count). The number of oxime groups is 1. The zero-order chi connectivity index (χ0) is 13.7. The first-order valence-electron chi connectivity index (χ1n) is 5.36. The summed E-state index contributed by atoms with van der Waals surface area (Å²) in [6.45, 7) is 0. The molecular weight excluding hydrogens is 267 g/mol. The summed E-state index contributed by atoms with van der Waals surface area (Å²) in [5.41, 5.74) is 6.49. The van der Waals surface area contributed by atoms with Crippen LogP contribution >= 0.6 is 11.8 Å². The highest BCUT2D eigenvalue weighted by atomic mass is 32.2. The van der Waals surface area contributed by atoms with Gasteiger partial charge in [-0.15, -0.1) is 0 Å². The summed E-state index contributed by atoms with van der Waals surface area (Å²) in [4.78, 5) is 8.12. The smallest absolute Gasteiger partial charge is 0.187 e. The van der Waals surface area contributed by atoms with Crippen LogP contribution in [0.5, 0.6) is 0 Å². The molecule has 0 amide bonds. The van der Waals surface area contributed by atoms with Crippen molar-refractivity contribution >= 4 is 17.6 Å². The number of rotatable bonds is 4. The Bertz CT molecular complexity index is 592. The number of benzene rings is 1. The largest absolute Gasteiger partial charge is 0.409 e. The number of aromatic nitrogens is 2. The van der Waals surface area contributed by atoms with Crippen molar-refractivity contribution in [1.82, 2.24) is 9.97 Å². The van der Waals surface area contributed by atoms with E-state index in [1.807, 2.05) is 0 Å². The van der Waals surface area contributed by atoms with Crippen molar-refractivity contribution in [3.63, 3.8) is 0 Å². The second-order valence-corrected chi connectivity index (χ2v) is 4.60. The first-order chi connectivity index (χ1) is 9.19. The van der Waals surface area contributed by atoms with E-state index in [1.165, 1.54) is 23.9 Å². The molecular formula is C12H11FN4OS. The molecule has 1 heterocycles. The maximum Gasteiger partial charge on any atom is 0.187 e. The molecule has 7 heteroatoms. The quantitative estimate of drug-likeness (QED) is 0.223. The van der Waals surface area contributed by atoms with Gasteiger partial charge in [0.05, 0.1) is 0 Å². The molecule has 1 aromatic carbocycles. The predicted octanol–water partition coefficient (Wildman–Crippen LogP) is 2.00. The van der Waals surface area contributed by atoms with Crippen molar-refractivity contribution in [1.29, 1.82) is 0 Å². The van der Waals surface area contributed by atoms with Gasteiger partial charge in [0.25, 0.3) is 0 Å². The van der Waals surface area contributed by atoms with Gasteiger partial charge in [-0.05, 0) is 29.8 Å². The van der Waals surface area contributed by atoms with E-state index in [0.717, 1.165) is 0 Å². The van der Waals surface area contributed by atoms with Gasteiger partial charge in [-0.1, -0.05) is 16.9 Å². The molecule has 5 nitrogen and oxygen atoms in total. The zero-order valence-corrected chi connectivity index (χ0v) is 10.6. The normalized spacial score (nSPS) is 11.5. The monoisotopic (exact) mass is 278 g/mol. The van der Waals surface area contributed by atoms with Gasteiger partial charge in [0.2, 0.25) is 0 Å². The fourth-order valence-electron chi connectivity index (χ4n) is 1.45. The van der Waals surface area contributed by atoms with Gasteiger partial charge in [-0.3, -0.25) is 0 Å². The topological polar surface area (TPSA) is 84.4 Å². The van der Waals surface area contributed by atoms with Crippen LogP contribution in [0.15, 0.2) is 47.0 Å². The third-order valence-corrected chi connectivity index (χ3v) is 3.22. The molecule has 0 saturated carbocycles. The van der Waals surface area contributed by atoms with Crippen LogP contribution in [0, 0.1) is 5.82 Å². The second kappa shape index (κ2) is 6.14. The maximum atomic E-state index is 13.4. The summed E-state index contributed by atoms with van der Waals surface area (Å²) in [5, 5.41) is 12.1. The van der Waals surface area contributed by atoms with Crippen LogP contribution in [0.3, 0.4) is 0 Å². The number of nitrogens with zero attached hydrogens (tertiary/aromatic N) is 3. The molecule has 0 spiro atoms.